The van der Waals surface area contributed by atoms with Crippen molar-refractivity contribution in [3.8, 4) is 0 Å². The fraction of sp³-hybridized carbons (Fsp3) is 0.440. The van der Waals surface area contributed by atoms with Gasteiger partial charge in [-0.2, -0.15) is 0 Å². The first-order valence-electron chi connectivity index (χ1n) is 11.9. The van der Waals surface area contributed by atoms with E-state index in [1.165, 1.54) is 22.7 Å². The van der Waals surface area contributed by atoms with E-state index >= 15 is 0 Å². The molecule has 2 aliphatic heterocycles. The average Bonchev–Trinajstić information content (AvgIpc) is 3.25. The van der Waals surface area contributed by atoms with E-state index in [1.807, 2.05) is 12.1 Å². The van der Waals surface area contributed by atoms with Gasteiger partial charge in [0.15, 0.2) is 0 Å². The zero-order chi connectivity index (χ0) is 24.5. The van der Waals surface area contributed by atoms with Gasteiger partial charge >= 0.3 is 0 Å². The van der Waals surface area contributed by atoms with Crippen LogP contribution in [0.3, 0.4) is 0 Å². The van der Waals surface area contributed by atoms with Gasteiger partial charge in [-0.15, -0.1) is 0 Å². The second kappa shape index (κ2) is 8.01. The predicted molar refractivity (Wildman–Crippen MR) is 133 cm³/mol. The molecular formula is C25H26ClFN4O3S. The van der Waals surface area contributed by atoms with E-state index in [2.05, 4.69) is 4.57 Å². The number of aromatic nitrogens is 2. The summed E-state index contributed by atoms with van der Waals surface area (Å²) in [6, 6.07) is 10.2. The van der Waals surface area contributed by atoms with Crippen LogP contribution in [0.25, 0.3) is 11.0 Å². The molecule has 0 bridgehead atoms. The third-order valence-corrected chi connectivity index (χ3v) is 9.45. The second-order valence-electron chi connectivity index (χ2n) is 9.91. The number of halogens is 2. The Hall–Kier alpha value is -2.49. The first-order valence-corrected chi connectivity index (χ1v) is 14.1. The smallest absolute Gasteiger partial charge is 0.238 e. The number of hydrogen-bond donors (Lipinski definition) is 0. The van der Waals surface area contributed by atoms with Gasteiger partial charge in [0.25, 0.3) is 0 Å². The number of amides is 1. The number of carbonyl (C=O) groups excluding carboxylic acids is 1. The largest absolute Gasteiger partial charge is 0.323 e. The molecule has 1 saturated heterocycles. The van der Waals surface area contributed by atoms with Crippen LogP contribution in [0.15, 0.2) is 36.4 Å². The Bertz CT molecular complexity index is 1460. The van der Waals surface area contributed by atoms with Crippen molar-refractivity contribution in [2.24, 2.45) is 0 Å². The molecule has 0 N–H and O–H groups in total. The summed E-state index contributed by atoms with van der Waals surface area (Å²) in [5, 5.41) is 0.568. The quantitative estimate of drug-likeness (QED) is 0.515. The lowest BCUT2D eigenvalue weighted by atomic mass is 9.65. The molecule has 1 saturated carbocycles. The Balaban J connectivity index is 1.41. The van der Waals surface area contributed by atoms with Gasteiger partial charge < -0.3 is 9.47 Å². The maximum absolute atomic E-state index is 14.3. The minimum absolute atomic E-state index is 0.00730. The van der Waals surface area contributed by atoms with Crippen molar-refractivity contribution in [1.29, 1.82) is 0 Å². The molecule has 1 aliphatic carbocycles. The van der Waals surface area contributed by atoms with Crippen LogP contribution in [0.5, 0.6) is 0 Å². The summed E-state index contributed by atoms with van der Waals surface area (Å²) in [5.41, 5.74) is 2.60. The number of benzene rings is 2. The standard InChI is InChI=1S/C25H26ClFN4O3S/c1-35(33,34)29-11-7-18(8-12-29)31-21-6-3-16(26)13-20(21)28-23(31)15-30-22-14-17(27)4-5-19(22)25(24(30)32)9-2-10-25/h3-6,13-14,18H,2,7-12,15H2,1H3. The van der Waals surface area contributed by atoms with Gasteiger partial charge in [0.2, 0.25) is 15.9 Å². The van der Waals surface area contributed by atoms with Crippen LogP contribution >= 0.6 is 11.6 Å². The molecule has 6 rings (SSSR count). The SMILES string of the molecule is CS(=O)(=O)N1CCC(n2c(CN3C(=O)C4(CCC4)c4ccc(F)cc43)nc3cc(Cl)ccc32)CC1. The number of anilines is 1. The van der Waals surface area contributed by atoms with Gasteiger partial charge in [0.1, 0.15) is 11.6 Å². The van der Waals surface area contributed by atoms with Crippen molar-refractivity contribution in [2.45, 2.75) is 50.1 Å². The Kier molecular flexibility index (Phi) is 5.25. The van der Waals surface area contributed by atoms with Gasteiger partial charge in [-0.3, -0.25) is 4.79 Å². The molecule has 3 heterocycles. The van der Waals surface area contributed by atoms with Crippen LogP contribution in [0.1, 0.15) is 49.5 Å². The van der Waals surface area contributed by atoms with Gasteiger partial charge in [0.05, 0.1) is 34.9 Å². The van der Waals surface area contributed by atoms with Gasteiger partial charge in [-0.1, -0.05) is 24.1 Å². The number of fused-ring (bicyclic) bond motifs is 3. The number of sulfonamides is 1. The number of piperidine rings is 1. The van der Waals surface area contributed by atoms with Gasteiger partial charge in [-0.25, -0.2) is 22.1 Å². The maximum atomic E-state index is 14.3. The molecule has 10 heteroatoms. The van der Waals surface area contributed by atoms with Gasteiger partial charge in [0, 0.05) is 24.2 Å². The normalized spacial score (nSPS) is 20.5. The summed E-state index contributed by atoms with van der Waals surface area (Å²) in [5.74, 6) is 0.333. The van der Waals surface area contributed by atoms with E-state index in [0.29, 0.717) is 42.5 Å². The Morgan fingerprint density at radius 2 is 1.89 bits per heavy atom. The molecule has 2 aromatic carbocycles. The van der Waals surface area contributed by atoms with E-state index < -0.39 is 15.4 Å². The topological polar surface area (TPSA) is 75.5 Å². The summed E-state index contributed by atoms with van der Waals surface area (Å²) in [4.78, 5) is 20.2. The fourth-order valence-electron chi connectivity index (χ4n) is 6.00. The zero-order valence-corrected chi connectivity index (χ0v) is 20.9. The van der Waals surface area contributed by atoms with E-state index in [-0.39, 0.29) is 24.3 Å². The minimum atomic E-state index is -3.25. The molecule has 1 spiro atoms. The molecule has 1 aromatic heterocycles. The number of rotatable bonds is 4. The third kappa shape index (κ3) is 3.58. The van der Waals surface area contributed by atoms with Crippen LogP contribution in [-0.2, 0) is 26.8 Å². The molecule has 1 amide bonds. The van der Waals surface area contributed by atoms with Crippen molar-refractivity contribution < 1.29 is 17.6 Å². The molecular weight excluding hydrogens is 491 g/mol. The maximum Gasteiger partial charge on any atom is 0.238 e. The fourth-order valence-corrected chi connectivity index (χ4v) is 7.04. The number of nitrogens with zero attached hydrogens (tertiary/aromatic N) is 4. The molecule has 3 aromatic rings. The van der Waals surface area contributed by atoms with Crippen LogP contribution < -0.4 is 4.90 Å². The van der Waals surface area contributed by atoms with E-state index in [0.717, 1.165) is 35.9 Å². The Morgan fingerprint density at radius 3 is 2.54 bits per heavy atom. The highest BCUT2D eigenvalue weighted by atomic mass is 35.5. The van der Waals surface area contributed by atoms with Crippen molar-refractivity contribution >= 4 is 44.3 Å². The molecule has 7 nitrogen and oxygen atoms in total. The predicted octanol–water partition coefficient (Wildman–Crippen LogP) is 4.39. The van der Waals surface area contributed by atoms with Crippen LogP contribution in [0, 0.1) is 5.82 Å². The molecule has 2 fully saturated rings. The molecule has 184 valence electrons. The first-order chi connectivity index (χ1) is 16.7. The van der Waals surface area contributed by atoms with E-state index in [9.17, 15) is 17.6 Å². The van der Waals surface area contributed by atoms with E-state index in [1.54, 1.807) is 17.0 Å². The first kappa shape index (κ1) is 22.9. The van der Waals surface area contributed by atoms with E-state index in [4.69, 9.17) is 16.6 Å². The molecule has 3 aliphatic rings. The molecule has 0 atom stereocenters. The van der Waals surface area contributed by atoms with Crippen molar-refractivity contribution in [3.05, 3.63) is 58.6 Å². The number of hydrogen-bond acceptors (Lipinski definition) is 4. The average molecular weight is 517 g/mol. The van der Waals surface area contributed by atoms with Crippen LogP contribution in [0.4, 0.5) is 10.1 Å². The second-order valence-corrected chi connectivity index (χ2v) is 12.3. The third-order valence-electron chi connectivity index (χ3n) is 7.91. The summed E-state index contributed by atoms with van der Waals surface area (Å²) in [7, 11) is -3.25. The summed E-state index contributed by atoms with van der Waals surface area (Å²) < 4.78 is 41.9. The lowest BCUT2D eigenvalue weighted by Gasteiger charge is -2.37. The molecule has 0 unspecified atom stereocenters. The lowest BCUT2D eigenvalue weighted by Crippen LogP contribution is -2.45. The lowest BCUT2D eigenvalue weighted by molar-refractivity contribution is -0.126. The molecule has 35 heavy (non-hydrogen) atoms. The van der Waals surface area contributed by atoms with Crippen molar-refractivity contribution in [3.63, 3.8) is 0 Å². The Morgan fingerprint density at radius 1 is 1.14 bits per heavy atom. The monoisotopic (exact) mass is 516 g/mol. The zero-order valence-electron chi connectivity index (χ0n) is 19.4. The highest BCUT2D eigenvalue weighted by molar-refractivity contribution is 7.88. The summed E-state index contributed by atoms with van der Waals surface area (Å²) >= 11 is 6.25. The summed E-state index contributed by atoms with van der Waals surface area (Å²) in [6.45, 7) is 1.07. The highest BCUT2D eigenvalue weighted by Crippen LogP contribution is 2.54. The number of imidazole rings is 1. The molecule has 0 radical (unpaired) electrons. The van der Waals surface area contributed by atoms with Crippen molar-refractivity contribution in [2.75, 3.05) is 24.2 Å². The summed E-state index contributed by atoms with van der Waals surface area (Å²) in [6.07, 6.45) is 5.04. The van der Waals surface area contributed by atoms with Crippen LogP contribution in [0.2, 0.25) is 5.02 Å². The highest BCUT2D eigenvalue weighted by Gasteiger charge is 2.54. The number of carbonyl (C=O) groups is 1. The van der Waals surface area contributed by atoms with Gasteiger partial charge in [-0.05, 0) is 61.6 Å². The minimum Gasteiger partial charge on any atom is -0.323 e. The Labute approximate surface area is 208 Å². The van der Waals surface area contributed by atoms with Crippen molar-refractivity contribution in [1.82, 2.24) is 13.9 Å². The van der Waals surface area contributed by atoms with Crippen LogP contribution in [-0.4, -0.2) is 47.5 Å².